The van der Waals surface area contributed by atoms with E-state index in [-0.39, 0.29) is 5.54 Å². The standard InChI is InChI=1S/C24H23N/c1-24(17-19-11-5-3-6-12-19)18-22(20-13-7-4-8-14-20)21-15-9-10-16-23(21)25(24)2/h3-16,18H,17H2,1-2H3. The van der Waals surface area contributed by atoms with E-state index >= 15 is 0 Å². The van der Waals surface area contributed by atoms with E-state index in [1.54, 1.807) is 0 Å². The summed E-state index contributed by atoms with van der Waals surface area (Å²) in [6, 6.07) is 30.2. The maximum Gasteiger partial charge on any atom is 0.0602 e. The molecule has 1 unspecified atom stereocenters. The van der Waals surface area contributed by atoms with Crippen LogP contribution in [-0.2, 0) is 6.42 Å². The highest BCUT2D eigenvalue weighted by Crippen LogP contribution is 2.42. The zero-order valence-electron chi connectivity index (χ0n) is 14.8. The summed E-state index contributed by atoms with van der Waals surface area (Å²) in [4.78, 5) is 2.42. The minimum Gasteiger partial charge on any atom is -0.365 e. The molecule has 0 aromatic heterocycles. The molecule has 0 amide bonds. The first-order chi connectivity index (χ1) is 12.2. The molecule has 0 spiro atoms. The van der Waals surface area contributed by atoms with E-state index in [0.29, 0.717) is 0 Å². The number of fused-ring (bicyclic) bond motifs is 1. The Morgan fingerprint density at radius 3 is 2.08 bits per heavy atom. The van der Waals surface area contributed by atoms with Crippen molar-refractivity contribution in [2.45, 2.75) is 18.9 Å². The van der Waals surface area contributed by atoms with Crippen molar-refractivity contribution in [1.82, 2.24) is 0 Å². The number of rotatable bonds is 3. The maximum absolute atomic E-state index is 2.44. The average molecular weight is 325 g/mol. The third-order valence-electron chi connectivity index (χ3n) is 5.27. The molecule has 3 aromatic carbocycles. The first-order valence-electron chi connectivity index (χ1n) is 8.83. The molecule has 0 aliphatic carbocycles. The number of anilines is 1. The molecule has 0 N–H and O–H groups in total. The highest BCUT2D eigenvalue weighted by molar-refractivity contribution is 5.90. The molecule has 1 nitrogen and oxygen atoms in total. The lowest BCUT2D eigenvalue weighted by Gasteiger charge is -2.44. The molecule has 1 heterocycles. The lowest BCUT2D eigenvalue weighted by molar-refractivity contribution is 0.539. The normalized spacial score (nSPS) is 19.3. The summed E-state index contributed by atoms with van der Waals surface area (Å²) in [7, 11) is 2.21. The molecule has 0 saturated carbocycles. The maximum atomic E-state index is 2.44. The van der Waals surface area contributed by atoms with Crippen molar-refractivity contribution < 1.29 is 0 Å². The van der Waals surface area contributed by atoms with E-state index in [2.05, 4.69) is 110 Å². The van der Waals surface area contributed by atoms with Crippen molar-refractivity contribution in [3.05, 3.63) is 108 Å². The van der Waals surface area contributed by atoms with Gasteiger partial charge in [0, 0.05) is 18.3 Å². The fraction of sp³-hybridized carbons (Fsp3) is 0.167. The summed E-state index contributed by atoms with van der Waals surface area (Å²) in [5, 5.41) is 0. The van der Waals surface area contributed by atoms with Gasteiger partial charge < -0.3 is 4.90 Å². The zero-order valence-corrected chi connectivity index (χ0v) is 14.8. The van der Waals surface area contributed by atoms with Gasteiger partial charge in [-0.2, -0.15) is 0 Å². The predicted octanol–water partition coefficient (Wildman–Crippen LogP) is 5.57. The first kappa shape index (κ1) is 15.7. The second kappa shape index (κ2) is 6.25. The minimum absolute atomic E-state index is 0.0686. The van der Waals surface area contributed by atoms with Gasteiger partial charge in [0.25, 0.3) is 0 Å². The monoisotopic (exact) mass is 325 g/mol. The molecule has 1 aliphatic heterocycles. The molecule has 1 heteroatoms. The van der Waals surface area contributed by atoms with Gasteiger partial charge in [-0.1, -0.05) is 84.9 Å². The zero-order chi connectivity index (χ0) is 17.3. The number of benzene rings is 3. The number of para-hydroxylation sites is 1. The van der Waals surface area contributed by atoms with Crippen molar-refractivity contribution >= 4 is 11.3 Å². The Bertz CT molecular complexity index is 896. The second-order valence-electron chi connectivity index (χ2n) is 7.02. The minimum atomic E-state index is -0.0686. The van der Waals surface area contributed by atoms with Crippen LogP contribution in [0.1, 0.15) is 23.6 Å². The summed E-state index contributed by atoms with van der Waals surface area (Å²) < 4.78 is 0. The summed E-state index contributed by atoms with van der Waals surface area (Å²) in [5.41, 5.74) is 6.50. The largest absolute Gasteiger partial charge is 0.365 e. The number of hydrogen-bond acceptors (Lipinski definition) is 1. The smallest absolute Gasteiger partial charge is 0.0602 e. The van der Waals surface area contributed by atoms with Crippen LogP contribution in [0.4, 0.5) is 5.69 Å². The topological polar surface area (TPSA) is 3.24 Å². The summed E-state index contributed by atoms with van der Waals surface area (Å²) in [5.74, 6) is 0. The Morgan fingerprint density at radius 1 is 0.760 bits per heavy atom. The van der Waals surface area contributed by atoms with Gasteiger partial charge in [0.1, 0.15) is 0 Å². The summed E-state index contributed by atoms with van der Waals surface area (Å²) in [6.45, 7) is 2.33. The lowest BCUT2D eigenvalue weighted by Crippen LogP contribution is -2.46. The Kier molecular flexibility index (Phi) is 3.93. The molecule has 4 rings (SSSR count). The molecule has 1 aliphatic rings. The lowest BCUT2D eigenvalue weighted by atomic mass is 9.81. The van der Waals surface area contributed by atoms with Crippen molar-refractivity contribution in [3.63, 3.8) is 0 Å². The van der Waals surface area contributed by atoms with Gasteiger partial charge >= 0.3 is 0 Å². The van der Waals surface area contributed by atoms with Gasteiger partial charge in [-0.05, 0) is 36.1 Å². The van der Waals surface area contributed by atoms with E-state index in [1.807, 2.05) is 0 Å². The molecule has 0 fully saturated rings. The van der Waals surface area contributed by atoms with Crippen molar-refractivity contribution in [2.75, 3.05) is 11.9 Å². The van der Waals surface area contributed by atoms with Crippen molar-refractivity contribution in [2.24, 2.45) is 0 Å². The van der Waals surface area contributed by atoms with Crippen molar-refractivity contribution in [3.8, 4) is 0 Å². The molecule has 0 bridgehead atoms. The van der Waals surface area contributed by atoms with Gasteiger partial charge in [-0.25, -0.2) is 0 Å². The summed E-state index contributed by atoms with van der Waals surface area (Å²) in [6.07, 6.45) is 3.42. The van der Waals surface area contributed by atoms with Crippen LogP contribution in [0.2, 0.25) is 0 Å². The molecule has 1 atom stereocenters. The molecule has 0 radical (unpaired) electrons. The molecule has 124 valence electrons. The predicted molar refractivity (Wildman–Crippen MR) is 107 cm³/mol. The van der Waals surface area contributed by atoms with Gasteiger partial charge in [-0.3, -0.25) is 0 Å². The number of likely N-dealkylation sites (N-methyl/N-ethyl adjacent to an activating group) is 1. The molecular weight excluding hydrogens is 302 g/mol. The number of nitrogens with zero attached hydrogens (tertiary/aromatic N) is 1. The van der Waals surface area contributed by atoms with Gasteiger partial charge in [0.05, 0.1) is 5.54 Å². The summed E-state index contributed by atoms with van der Waals surface area (Å²) >= 11 is 0. The van der Waals surface area contributed by atoms with E-state index in [0.717, 1.165) is 6.42 Å². The van der Waals surface area contributed by atoms with Gasteiger partial charge in [-0.15, -0.1) is 0 Å². The van der Waals surface area contributed by atoms with Crippen LogP contribution in [0, 0.1) is 0 Å². The first-order valence-corrected chi connectivity index (χ1v) is 8.83. The van der Waals surface area contributed by atoms with Crippen LogP contribution >= 0.6 is 0 Å². The van der Waals surface area contributed by atoms with E-state index in [1.165, 1.54) is 28.0 Å². The second-order valence-corrected chi connectivity index (χ2v) is 7.02. The van der Waals surface area contributed by atoms with Crippen molar-refractivity contribution in [1.29, 1.82) is 0 Å². The SMILES string of the molecule is CN1c2ccccc2C(c2ccccc2)=CC1(C)Cc1ccccc1. The van der Waals surface area contributed by atoms with Crippen LogP contribution in [0.15, 0.2) is 91.0 Å². The fourth-order valence-electron chi connectivity index (χ4n) is 3.79. The van der Waals surface area contributed by atoms with Gasteiger partial charge in [0.15, 0.2) is 0 Å². The molecule has 3 aromatic rings. The Balaban J connectivity index is 1.85. The Hall–Kier alpha value is -2.80. The van der Waals surface area contributed by atoms with E-state index in [4.69, 9.17) is 0 Å². The average Bonchev–Trinajstić information content (AvgIpc) is 2.66. The fourth-order valence-corrected chi connectivity index (χ4v) is 3.79. The van der Waals surface area contributed by atoms with Gasteiger partial charge in [0.2, 0.25) is 0 Å². The third-order valence-corrected chi connectivity index (χ3v) is 5.27. The van der Waals surface area contributed by atoms with Crippen LogP contribution in [-0.4, -0.2) is 12.6 Å². The highest BCUT2D eigenvalue weighted by atomic mass is 15.2. The highest BCUT2D eigenvalue weighted by Gasteiger charge is 2.34. The quantitative estimate of drug-likeness (QED) is 0.608. The van der Waals surface area contributed by atoms with Crippen LogP contribution < -0.4 is 4.90 Å². The van der Waals surface area contributed by atoms with Crippen LogP contribution in [0.25, 0.3) is 5.57 Å². The Morgan fingerprint density at radius 2 is 1.36 bits per heavy atom. The van der Waals surface area contributed by atoms with E-state index in [9.17, 15) is 0 Å². The molecule has 0 saturated heterocycles. The third kappa shape index (κ3) is 2.87. The number of hydrogen-bond donors (Lipinski definition) is 0. The molecular formula is C24H23N. The van der Waals surface area contributed by atoms with Crippen LogP contribution in [0.5, 0.6) is 0 Å². The van der Waals surface area contributed by atoms with Crippen LogP contribution in [0.3, 0.4) is 0 Å². The van der Waals surface area contributed by atoms with E-state index < -0.39 is 0 Å². The molecule has 25 heavy (non-hydrogen) atoms. The Labute approximate surface area is 150 Å².